The Hall–Kier alpha value is -3.66. The molecule has 2 aliphatic heterocycles. The van der Waals surface area contributed by atoms with Gasteiger partial charge in [-0.25, -0.2) is 4.79 Å². The molecule has 0 saturated carbocycles. The Morgan fingerprint density at radius 1 is 1.03 bits per heavy atom. The molecule has 10 nitrogen and oxygen atoms in total. The third-order valence-electron chi connectivity index (χ3n) is 5.30. The lowest BCUT2D eigenvalue weighted by molar-refractivity contribution is -0.384. The largest absolute Gasteiger partial charge is 0.465 e. The van der Waals surface area contributed by atoms with Gasteiger partial charge in [-0.2, -0.15) is 0 Å². The highest BCUT2D eigenvalue weighted by Crippen LogP contribution is 2.33. The zero-order valence-electron chi connectivity index (χ0n) is 16.9. The maximum atomic E-state index is 12.9. The minimum absolute atomic E-state index is 0.0264. The molecule has 162 valence electrons. The molecule has 0 N–H and O–H groups in total. The van der Waals surface area contributed by atoms with Gasteiger partial charge in [0, 0.05) is 50.4 Å². The third-order valence-corrected chi connectivity index (χ3v) is 5.30. The molecule has 0 bridgehead atoms. The topological polar surface area (TPSA) is 111 Å². The summed E-state index contributed by atoms with van der Waals surface area (Å²) in [4.78, 5) is 39.2. The lowest BCUT2D eigenvalue weighted by Crippen LogP contribution is -2.48. The van der Waals surface area contributed by atoms with E-state index in [0.717, 1.165) is 23.1 Å². The van der Waals surface area contributed by atoms with E-state index >= 15 is 0 Å². The van der Waals surface area contributed by atoms with E-state index in [1.165, 1.54) is 19.2 Å². The van der Waals surface area contributed by atoms with Gasteiger partial charge in [0.05, 0.1) is 17.6 Å². The molecule has 4 rings (SSSR count). The Labute approximate surface area is 178 Å². The molecule has 0 unspecified atom stereocenters. The number of rotatable bonds is 5. The highest BCUT2D eigenvalue weighted by molar-refractivity contribution is 5.99. The number of piperazine rings is 1. The van der Waals surface area contributed by atoms with Crippen LogP contribution >= 0.6 is 0 Å². The summed E-state index contributed by atoms with van der Waals surface area (Å²) < 4.78 is 15.4. The van der Waals surface area contributed by atoms with E-state index in [0.29, 0.717) is 32.7 Å². The molecule has 1 fully saturated rings. The number of fused-ring (bicyclic) bond motifs is 1. The van der Waals surface area contributed by atoms with Crippen molar-refractivity contribution in [3.05, 3.63) is 63.2 Å². The summed E-state index contributed by atoms with van der Waals surface area (Å²) in [6.45, 7) is 3.19. The Morgan fingerprint density at radius 2 is 1.74 bits per heavy atom. The molecule has 0 radical (unpaired) electrons. The molecular formula is C21H21N3O7. The van der Waals surface area contributed by atoms with Gasteiger partial charge in [0.1, 0.15) is 0 Å². The van der Waals surface area contributed by atoms with E-state index in [1.807, 2.05) is 18.2 Å². The van der Waals surface area contributed by atoms with E-state index in [4.69, 9.17) is 9.47 Å². The fraction of sp³-hybridized carbons (Fsp3) is 0.333. The van der Waals surface area contributed by atoms with E-state index in [2.05, 4.69) is 9.64 Å². The molecule has 2 aromatic rings. The van der Waals surface area contributed by atoms with Gasteiger partial charge in [0.15, 0.2) is 11.5 Å². The number of non-ortho nitro benzene ring substituents is 1. The van der Waals surface area contributed by atoms with E-state index in [-0.39, 0.29) is 29.5 Å². The second-order valence-electron chi connectivity index (χ2n) is 7.27. The van der Waals surface area contributed by atoms with E-state index in [1.54, 1.807) is 4.90 Å². The number of methoxy groups -OCH3 is 1. The number of hydrogen-bond acceptors (Lipinski definition) is 8. The number of nitrogens with zero attached hydrogens (tertiary/aromatic N) is 3. The van der Waals surface area contributed by atoms with Crippen LogP contribution in [-0.2, 0) is 11.3 Å². The van der Waals surface area contributed by atoms with Crippen LogP contribution in [0.3, 0.4) is 0 Å². The highest BCUT2D eigenvalue weighted by atomic mass is 16.7. The van der Waals surface area contributed by atoms with Crippen molar-refractivity contribution in [2.45, 2.75) is 6.54 Å². The van der Waals surface area contributed by atoms with Crippen LogP contribution in [0.5, 0.6) is 11.5 Å². The number of ether oxygens (including phenoxy) is 3. The molecule has 2 aromatic carbocycles. The predicted molar refractivity (Wildman–Crippen MR) is 108 cm³/mol. The summed E-state index contributed by atoms with van der Waals surface area (Å²) in [6.07, 6.45) is 0. The second-order valence-corrected chi connectivity index (χ2v) is 7.27. The second kappa shape index (κ2) is 8.60. The Balaban J connectivity index is 1.41. The summed E-state index contributed by atoms with van der Waals surface area (Å²) in [7, 11) is 1.18. The molecule has 0 aromatic heterocycles. The fourth-order valence-electron chi connectivity index (χ4n) is 3.66. The quantitative estimate of drug-likeness (QED) is 0.405. The fourth-order valence-corrected chi connectivity index (χ4v) is 3.66. The third kappa shape index (κ3) is 4.43. The first-order valence-corrected chi connectivity index (χ1v) is 9.72. The Kier molecular flexibility index (Phi) is 5.72. The Morgan fingerprint density at radius 3 is 2.45 bits per heavy atom. The number of amides is 1. The van der Waals surface area contributed by atoms with Gasteiger partial charge < -0.3 is 19.1 Å². The summed E-state index contributed by atoms with van der Waals surface area (Å²) >= 11 is 0. The average Bonchev–Trinajstić information content (AvgIpc) is 3.26. The number of carbonyl (C=O) groups excluding carboxylic acids is 2. The molecule has 10 heteroatoms. The zero-order chi connectivity index (χ0) is 22.0. The maximum absolute atomic E-state index is 12.9. The smallest absolute Gasteiger partial charge is 0.338 e. The summed E-state index contributed by atoms with van der Waals surface area (Å²) in [5.41, 5.74) is 0.832. The van der Waals surface area contributed by atoms with E-state index in [9.17, 15) is 19.7 Å². The number of hydrogen-bond donors (Lipinski definition) is 0. The summed E-state index contributed by atoms with van der Waals surface area (Å²) in [5, 5.41) is 11.2. The van der Waals surface area contributed by atoms with Crippen molar-refractivity contribution in [1.82, 2.24) is 9.80 Å². The maximum Gasteiger partial charge on any atom is 0.338 e. The number of carbonyl (C=O) groups is 2. The van der Waals surface area contributed by atoms with Crippen molar-refractivity contribution >= 4 is 17.6 Å². The first kappa shape index (κ1) is 20.6. The molecule has 2 aliphatic rings. The normalized spacial score (nSPS) is 15.6. The minimum Gasteiger partial charge on any atom is -0.465 e. The van der Waals surface area contributed by atoms with Gasteiger partial charge in [-0.15, -0.1) is 0 Å². The van der Waals surface area contributed by atoms with Gasteiger partial charge >= 0.3 is 5.97 Å². The van der Waals surface area contributed by atoms with Crippen molar-refractivity contribution in [1.29, 1.82) is 0 Å². The van der Waals surface area contributed by atoms with Gasteiger partial charge in [0.25, 0.3) is 11.6 Å². The molecule has 0 spiro atoms. The van der Waals surface area contributed by atoms with Crippen molar-refractivity contribution < 1.29 is 28.7 Å². The SMILES string of the molecule is COC(=O)c1cc(C(=O)N2CCN(Cc3ccc4c(c3)OCO4)CC2)cc([N+](=O)[O-])c1. The van der Waals surface area contributed by atoms with Crippen LogP contribution in [0.15, 0.2) is 36.4 Å². The van der Waals surface area contributed by atoms with Crippen LogP contribution in [0.25, 0.3) is 0 Å². The lowest BCUT2D eigenvalue weighted by atomic mass is 10.1. The number of nitro groups is 1. The average molecular weight is 427 g/mol. The van der Waals surface area contributed by atoms with Gasteiger partial charge in [-0.05, 0) is 23.8 Å². The van der Waals surface area contributed by atoms with Crippen LogP contribution in [0, 0.1) is 10.1 Å². The van der Waals surface area contributed by atoms with Crippen molar-refractivity contribution in [3.8, 4) is 11.5 Å². The number of benzene rings is 2. The first-order chi connectivity index (χ1) is 14.9. The Bertz CT molecular complexity index is 1030. The molecule has 2 heterocycles. The molecular weight excluding hydrogens is 406 g/mol. The van der Waals surface area contributed by atoms with Crippen LogP contribution in [0.4, 0.5) is 5.69 Å². The van der Waals surface area contributed by atoms with Gasteiger partial charge in [0.2, 0.25) is 6.79 Å². The lowest BCUT2D eigenvalue weighted by Gasteiger charge is -2.34. The standard InChI is InChI=1S/C21H21N3O7/c1-29-21(26)16-9-15(10-17(11-16)24(27)28)20(25)23-6-4-22(5-7-23)12-14-2-3-18-19(8-14)31-13-30-18/h2-3,8-11H,4-7,12-13H2,1H3. The summed E-state index contributed by atoms with van der Waals surface area (Å²) in [6, 6.07) is 9.46. The van der Waals surface area contributed by atoms with Crippen molar-refractivity contribution in [2.75, 3.05) is 40.1 Å². The molecule has 31 heavy (non-hydrogen) atoms. The van der Waals surface area contributed by atoms with Gasteiger partial charge in [-0.1, -0.05) is 6.07 Å². The number of esters is 1. The van der Waals surface area contributed by atoms with Crippen LogP contribution < -0.4 is 9.47 Å². The zero-order valence-corrected chi connectivity index (χ0v) is 16.9. The monoisotopic (exact) mass is 427 g/mol. The van der Waals surface area contributed by atoms with E-state index < -0.39 is 10.9 Å². The molecule has 1 amide bonds. The van der Waals surface area contributed by atoms with Crippen LogP contribution in [0.2, 0.25) is 0 Å². The van der Waals surface area contributed by atoms with Crippen molar-refractivity contribution in [2.24, 2.45) is 0 Å². The molecule has 0 aliphatic carbocycles. The molecule has 0 atom stereocenters. The first-order valence-electron chi connectivity index (χ1n) is 9.72. The molecule has 1 saturated heterocycles. The predicted octanol–water partition coefficient (Wildman–Crippen LogP) is 2.07. The summed E-state index contributed by atoms with van der Waals surface area (Å²) in [5.74, 6) is 0.392. The van der Waals surface area contributed by atoms with Crippen molar-refractivity contribution in [3.63, 3.8) is 0 Å². The highest BCUT2D eigenvalue weighted by Gasteiger charge is 2.25. The van der Waals surface area contributed by atoms with Crippen LogP contribution in [-0.4, -0.2) is 66.7 Å². The van der Waals surface area contributed by atoms with Gasteiger partial charge in [-0.3, -0.25) is 19.8 Å². The minimum atomic E-state index is -0.730. The number of nitro benzene ring substituents is 1. The van der Waals surface area contributed by atoms with Crippen LogP contribution in [0.1, 0.15) is 26.3 Å².